The van der Waals surface area contributed by atoms with Gasteiger partial charge < -0.3 is 5.73 Å². The third-order valence-electron chi connectivity index (χ3n) is 3.51. The number of sulfonamides is 1. The van der Waals surface area contributed by atoms with Gasteiger partial charge in [-0.1, -0.05) is 13.8 Å². The molecule has 1 unspecified atom stereocenters. The summed E-state index contributed by atoms with van der Waals surface area (Å²) in [6, 6.07) is 2.24. The van der Waals surface area contributed by atoms with Gasteiger partial charge in [0.15, 0.2) is 0 Å². The number of hydrogen-bond acceptors (Lipinski definition) is 3. The lowest BCUT2D eigenvalue weighted by atomic mass is 10.1. The molecule has 1 aromatic carbocycles. The average Bonchev–Trinajstić information content (AvgIpc) is 2.31. The van der Waals surface area contributed by atoms with Crippen molar-refractivity contribution >= 4 is 15.7 Å². The normalized spacial score (nSPS) is 14.1. The third kappa shape index (κ3) is 3.06. The molecule has 0 heterocycles. The number of nitrogens with two attached hydrogens (primary N) is 1. The molecule has 0 radical (unpaired) electrons. The quantitative estimate of drug-likeness (QED) is 0.865. The van der Waals surface area contributed by atoms with Crippen molar-refractivity contribution in [1.82, 2.24) is 4.31 Å². The first-order chi connectivity index (χ1) is 8.59. The summed E-state index contributed by atoms with van der Waals surface area (Å²) in [5.41, 5.74) is 5.74. The van der Waals surface area contributed by atoms with Crippen LogP contribution in [0.2, 0.25) is 0 Å². The minimum Gasteiger partial charge on any atom is -0.399 e. The summed E-state index contributed by atoms with van der Waals surface area (Å²) in [4.78, 5) is -0.0694. The Morgan fingerprint density at radius 3 is 2.26 bits per heavy atom. The van der Waals surface area contributed by atoms with Crippen LogP contribution in [0.15, 0.2) is 17.0 Å². The molecule has 1 aromatic rings. The lowest BCUT2D eigenvalue weighted by Crippen LogP contribution is -2.38. The van der Waals surface area contributed by atoms with E-state index in [1.807, 2.05) is 20.8 Å². The average molecular weight is 288 g/mol. The van der Waals surface area contributed by atoms with E-state index >= 15 is 0 Å². The molecule has 0 aliphatic rings. The van der Waals surface area contributed by atoms with Crippen LogP contribution < -0.4 is 5.73 Å². The zero-order valence-electron chi connectivity index (χ0n) is 11.9. The highest BCUT2D eigenvalue weighted by molar-refractivity contribution is 7.89. The van der Waals surface area contributed by atoms with E-state index in [-0.39, 0.29) is 28.1 Å². The first kappa shape index (κ1) is 15.9. The number of benzene rings is 1. The minimum atomic E-state index is -3.75. The summed E-state index contributed by atoms with van der Waals surface area (Å²) in [5, 5.41) is 0. The molecule has 0 amide bonds. The van der Waals surface area contributed by atoms with Crippen molar-refractivity contribution < 1.29 is 12.8 Å². The van der Waals surface area contributed by atoms with Gasteiger partial charge in [-0.05, 0) is 31.9 Å². The molecule has 108 valence electrons. The molecule has 0 aliphatic heterocycles. The number of nitrogens with zero attached hydrogens (tertiary/aromatic N) is 1. The van der Waals surface area contributed by atoms with Gasteiger partial charge in [0, 0.05) is 24.3 Å². The van der Waals surface area contributed by atoms with Crippen LogP contribution in [0, 0.1) is 18.7 Å². The van der Waals surface area contributed by atoms with Crippen molar-refractivity contribution in [3.05, 3.63) is 23.5 Å². The maximum absolute atomic E-state index is 13.6. The van der Waals surface area contributed by atoms with Gasteiger partial charge in [-0.2, -0.15) is 4.31 Å². The van der Waals surface area contributed by atoms with Crippen LogP contribution in [-0.2, 0) is 10.0 Å². The predicted octanol–water partition coefficient (Wildman–Crippen LogP) is 2.38. The highest BCUT2D eigenvalue weighted by atomic mass is 32.2. The summed E-state index contributed by atoms with van der Waals surface area (Å²) in [7, 11) is -2.25. The van der Waals surface area contributed by atoms with Crippen LogP contribution in [0.5, 0.6) is 0 Å². The molecule has 0 saturated carbocycles. The van der Waals surface area contributed by atoms with Crippen LogP contribution in [0.3, 0.4) is 0 Å². The number of hydrogen-bond donors (Lipinski definition) is 1. The van der Waals surface area contributed by atoms with Crippen molar-refractivity contribution in [1.29, 1.82) is 0 Å². The minimum absolute atomic E-state index is 0.0694. The fraction of sp³-hybridized carbons (Fsp3) is 0.538. The van der Waals surface area contributed by atoms with Crippen molar-refractivity contribution in [3.8, 4) is 0 Å². The van der Waals surface area contributed by atoms with E-state index in [0.29, 0.717) is 0 Å². The number of anilines is 1. The fourth-order valence-electron chi connectivity index (χ4n) is 1.74. The van der Waals surface area contributed by atoms with E-state index < -0.39 is 15.8 Å². The summed E-state index contributed by atoms with van der Waals surface area (Å²) in [6.07, 6.45) is 0. The summed E-state index contributed by atoms with van der Waals surface area (Å²) < 4.78 is 39.9. The van der Waals surface area contributed by atoms with Crippen LogP contribution in [-0.4, -0.2) is 25.8 Å². The Morgan fingerprint density at radius 2 is 1.79 bits per heavy atom. The maximum Gasteiger partial charge on any atom is 0.243 e. The largest absolute Gasteiger partial charge is 0.399 e. The molecular weight excluding hydrogens is 267 g/mol. The molecule has 0 spiro atoms. The maximum atomic E-state index is 13.6. The van der Waals surface area contributed by atoms with Gasteiger partial charge in [-0.25, -0.2) is 12.8 Å². The molecule has 0 aliphatic carbocycles. The number of rotatable bonds is 4. The highest BCUT2D eigenvalue weighted by Gasteiger charge is 2.29. The lowest BCUT2D eigenvalue weighted by molar-refractivity contribution is 0.315. The SMILES string of the molecule is Cc1c(F)cc(N)cc1S(=O)(=O)N(C)C(C)C(C)C. The molecule has 0 saturated heterocycles. The molecule has 1 atom stereocenters. The van der Waals surface area contributed by atoms with Crippen molar-refractivity contribution in [2.45, 2.75) is 38.6 Å². The Hall–Kier alpha value is -1.14. The zero-order valence-corrected chi connectivity index (χ0v) is 12.8. The third-order valence-corrected chi connectivity index (χ3v) is 5.59. The number of nitrogen functional groups attached to an aromatic ring is 1. The summed E-state index contributed by atoms with van der Waals surface area (Å²) in [5.74, 6) is -0.449. The van der Waals surface area contributed by atoms with E-state index in [2.05, 4.69) is 0 Å². The van der Waals surface area contributed by atoms with E-state index in [1.165, 1.54) is 24.3 Å². The molecule has 2 N–H and O–H groups in total. The van der Waals surface area contributed by atoms with E-state index in [4.69, 9.17) is 5.73 Å². The van der Waals surface area contributed by atoms with Crippen LogP contribution in [0.25, 0.3) is 0 Å². The Kier molecular flexibility index (Phi) is 4.58. The van der Waals surface area contributed by atoms with Gasteiger partial charge in [0.25, 0.3) is 0 Å². The van der Waals surface area contributed by atoms with Gasteiger partial charge in [0.1, 0.15) is 5.82 Å². The highest BCUT2D eigenvalue weighted by Crippen LogP contribution is 2.26. The molecule has 0 fully saturated rings. The second-order valence-corrected chi connectivity index (χ2v) is 7.10. The second-order valence-electron chi connectivity index (χ2n) is 5.13. The van der Waals surface area contributed by atoms with Crippen LogP contribution in [0.4, 0.5) is 10.1 Å². The molecule has 0 bridgehead atoms. The van der Waals surface area contributed by atoms with Gasteiger partial charge in [0.05, 0.1) is 4.90 Å². The Morgan fingerprint density at radius 1 is 1.26 bits per heavy atom. The van der Waals surface area contributed by atoms with Gasteiger partial charge in [-0.3, -0.25) is 0 Å². The molecule has 6 heteroatoms. The standard InChI is InChI=1S/C13H21FN2O2S/c1-8(2)10(4)16(5)19(17,18)13-7-11(15)6-12(14)9(13)3/h6-8,10H,15H2,1-5H3. The fourth-order valence-corrected chi connectivity index (χ4v) is 3.50. The van der Waals surface area contributed by atoms with Crippen molar-refractivity contribution in [3.63, 3.8) is 0 Å². The van der Waals surface area contributed by atoms with Gasteiger partial charge in [0.2, 0.25) is 10.0 Å². The van der Waals surface area contributed by atoms with Gasteiger partial charge >= 0.3 is 0 Å². The van der Waals surface area contributed by atoms with Gasteiger partial charge in [-0.15, -0.1) is 0 Å². The summed E-state index contributed by atoms with van der Waals surface area (Å²) >= 11 is 0. The van der Waals surface area contributed by atoms with Crippen LogP contribution >= 0.6 is 0 Å². The molecule has 1 rings (SSSR count). The topological polar surface area (TPSA) is 63.4 Å². The predicted molar refractivity (Wildman–Crippen MR) is 74.8 cm³/mol. The molecular formula is C13H21FN2O2S. The van der Waals surface area contributed by atoms with Crippen molar-refractivity contribution in [2.75, 3.05) is 12.8 Å². The molecule has 0 aromatic heterocycles. The lowest BCUT2D eigenvalue weighted by Gasteiger charge is -2.27. The first-order valence-electron chi connectivity index (χ1n) is 6.12. The van der Waals surface area contributed by atoms with Crippen LogP contribution in [0.1, 0.15) is 26.3 Å². The zero-order chi connectivity index (χ0) is 15.0. The van der Waals surface area contributed by atoms with E-state index in [0.717, 1.165) is 6.07 Å². The van der Waals surface area contributed by atoms with Crippen molar-refractivity contribution in [2.24, 2.45) is 5.92 Å². The smallest absolute Gasteiger partial charge is 0.243 e. The monoisotopic (exact) mass is 288 g/mol. The number of halogens is 1. The molecule has 4 nitrogen and oxygen atoms in total. The Balaban J connectivity index is 3.36. The van der Waals surface area contributed by atoms with E-state index in [9.17, 15) is 12.8 Å². The Bertz CT molecular complexity index is 570. The second kappa shape index (κ2) is 5.46. The summed E-state index contributed by atoms with van der Waals surface area (Å²) in [6.45, 7) is 7.13. The first-order valence-corrected chi connectivity index (χ1v) is 7.56. The Labute approximate surface area is 114 Å². The molecule has 19 heavy (non-hydrogen) atoms. The van der Waals surface area contributed by atoms with E-state index in [1.54, 1.807) is 0 Å².